The fraction of sp³-hybridized carbons (Fsp3) is 0.550. The Hall–Kier alpha value is -1.85. The quantitative estimate of drug-likeness (QED) is 0.899. The maximum Gasteiger partial charge on any atom is 0.237 e. The molecule has 5 nitrogen and oxygen atoms in total. The summed E-state index contributed by atoms with van der Waals surface area (Å²) in [7, 11) is 0. The Morgan fingerprint density at radius 2 is 2.16 bits per heavy atom. The standard InChI is InChI=1S/C20H27N3O2/c1-20(14-24)8-4-9-22(13-20)12-19(25)23-10-7-18-16(11-23)15-5-2-3-6-17(15)21-18/h2-3,5-6,21,24H,4,7-14H2,1H3. The molecule has 4 rings (SSSR count). The zero-order chi connectivity index (χ0) is 17.4. The molecule has 1 aromatic carbocycles. The number of carbonyl (C=O) groups is 1. The van der Waals surface area contributed by atoms with E-state index in [9.17, 15) is 9.90 Å². The number of aromatic amines is 1. The summed E-state index contributed by atoms with van der Waals surface area (Å²) in [6.07, 6.45) is 2.98. The Morgan fingerprint density at radius 3 is 3.00 bits per heavy atom. The maximum absolute atomic E-state index is 12.8. The number of hydrogen-bond donors (Lipinski definition) is 2. The number of aromatic nitrogens is 1. The Balaban J connectivity index is 1.45. The summed E-state index contributed by atoms with van der Waals surface area (Å²) in [6.45, 7) is 6.01. The number of fused-ring (bicyclic) bond motifs is 3. The number of carbonyl (C=O) groups excluding carboxylic acids is 1. The van der Waals surface area contributed by atoms with Crippen LogP contribution in [0.25, 0.3) is 10.9 Å². The molecule has 25 heavy (non-hydrogen) atoms. The molecule has 2 aromatic rings. The second kappa shape index (κ2) is 6.46. The third kappa shape index (κ3) is 3.18. The average molecular weight is 341 g/mol. The number of aliphatic hydroxyl groups excluding tert-OH is 1. The number of rotatable bonds is 3. The van der Waals surface area contributed by atoms with Gasteiger partial charge in [0.1, 0.15) is 0 Å². The van der Waals surface area contributed by atoms with Crippen LogP contribution in [-0.2, 0) is 17.8 Å². The molecule has 134 valence electrons. The highest BCUT2D eigenvalue weighted by Gasteiger charge is 2.32. The number of nitrogens with zero attached hydrogens (tertiary/aromatic N) is 2. The molecule has 1 aromatic heterocycles. The second-order valence-corrected chi connectivity index (χ2v) is 7.98. The van der Waals surface area contributed by atoms with Crippen LogP contribution in [0.1, 0.15) is 31.0 Å². The second-order valence-electron chi connectivity index (χ2n) is 7.98. The van der Waals surface area contributed by atoms with E-state index in [1.54, 1.807) is 0 Å². The van der Waals surface area contributed by atoms with Crippen molar-refractivity contribution in [3.63, 3.8) is 0 Å². The summed E-state index contributed by atoms with van der Waals surface area (Å²) in [6, 6.07) is 8.33. The van der Waals surface area contributed by atoms with Gasteiger partial charge in [-0.1, -0.05) is 25.1 Å². The molecule has 2 aliphatic rings. The number of aliphatic hydroxyl groups is 1. The number of nitrogens with one attached hydrogen (secondary N) is 1. The van der Waals surface area contributed by atoms with Crippen LogP contribution in [0.3, 0.4) is 0 Å². The van der Waals surface area contributed by atoms with Crippen molar-refractivity contribution in [1.82, 2.24) is 14.8 Å². The molecule has 5 heteroatoms. The molecule has 1 unspecified atom stereocenters. The first-order chi connectivity index (χ1) is 12.1. The predicted octanol–water partition coefficient (Wildman–Crippen LogP) is 2.15. The number of benzene rings is 1. The van der Waals surface area contributed by atoms with Crippen LogP contribution in [0.15, 0.2) is 24.3 Å². The molecule has 2 aliphatic heterocycles. The van der Waals surface area contributed by atoms with Crippen molar-refractivity contribution in [2.45, 2.75) is 32.7 Å². The first kappa shape index (κ1) is 16.6. The van der Waals surface area contributed by atoms with Crippen LogP contribution in [-0.4, -0.2) is 58.6 Å². The van der Waals surface area contributed by atoms with Crippen LogP contribution < -0.4 is 0 Å². The van der Waals surface area contributed by atoms with E-state index < -0.39 is 0 Å². The zero-order valence-corrected chi connectivity index (χ0v) is 14.9. The summed E-state index contributed by atoms with van der Waals surface area (Å²) < 4.78 is 0. The summed E-state index contributed by atoms with van der Waals surface area (Å²) in [5.41, 5.74) is 3.64. The van der Waals surface area contributed by atoms with Crippen LogP contribution in [0.5, 0.6) is 0 Å². The number of H-pyrrole nitrogens is 1. The van der Waals surface area contributed by atoms with Crippen molar-refractivity contribution >= 4 is 16.8 Å². The molecule has 1 saturated heterocycles. The molecule has 0 radical (unpaired) electrons. The van der Waals surface area contributed by atoms with Crippen LogP contribution >= 0.6 is 0 Å². The number of piperidine rings is 1. The fourth-order valence-corrected chi connectivity index (χ4v) is 4.36. The van der Waals surface area contributed by atoms with Gasteiger partial charge < -0.3 is 15.0 Å². The van der Waals surface area contributed by atoms with Gasteiger partial charge in [0, 0.05) is 60.2 Å². The summed E-state index contributed by atoms with van der Waals surface area (Å²) >= 11 is 0. The Morgan fingerprint density at radius 1 is 1.32 bits per heavy atom. The Labute approximate surface area is 148 Å². The average Bonchev–Trinajstić information content (AvgIpc) is 2.99. The van der Waals surface area contributed by atoms with Gasteiger partial charge in [0.25, 0.3) is 0 Å². The van der Waals surface area contributed by atoms with Gasteiger partial charge in [-0.25, -0.2) is 0 Å². The van der Waals surface area contributed by atoms with Crippen molar-refractivity contribution < 1.29 is 9.90 Å². The van der Waals surface area contributed by atoms with Crippen LogP contribution in [0.4, 0.5) is 0 Å². The van der Waals surface area contributed by atoms with Gasteiger partial charge in [-0.05, 0) is 25.5 Å². The van der Waals surface area contributed by atoms with Crippen molar-refractivity contribution in [2.75, 3.05) is 32.8 Å². The van der Waals surface area contributed by atoms with Gasteiger partial charge >= 0.3 is 0 Å². The van der Waals surface area contributed by atoms with E-state index in [-0.39, 0.29) is 17.9 Å². The first-order valence-electron chi connectivity index (χ1n) is 9.27. The SMILES string of the molecule is CC1(CO)CCCN(CC(=O)N2CCc3[nH]c4ccccc4c3C2)C1. The molecule has 1 atom stereocenters. The number of amides is 1. The van der Waals surface area contributed by atoms with Crippen molar-refractivity contribution in [3.05, 3.63) is 35.5 Å². The fourth-order valence-electron chi connectivity index (χ4n) is 4.36. The number of para-hydroxylation sites is 1. The van der Waals surface area contributed by atoms with E-state index in [0.717, 1.165) is 44.4 Å². The molecule has 3 heterocycles. The van der Waals surface area contributed by atoms with Crippen molar-refractivity contribution in [1.29, 1.82) is 0 Å². The Bertz CT molecular complexity index is 784. The van der Waals surface area contributed by atoms with Gasteiger partial charge in [0.2, 0.25) is 5.91 Å². The zero-order valence-electron chi connectivity index (χ0n) is 14.9. The van der Waals surface area contributed by atoms with Gasteiger partial charge in [0.15, 0.2) is 0 Å². The highest BCUT2D eigenvalue weighted by atomic mass is 16.3. The lowest BCUT2D eigenvalue weighted by Gasteiger charge is -2.40. The normalized spacial score (nSPS) is 24.5. The van der Waals surface area contributed by atoms with Crippen LogP contribution in [0, 0.1) is 5.41 Å². The summed E-state index contributed by atoms with van der Waals surface area (Å²) in [4.78, 5) is 20.6. The Kier molecular flexibility index (Phi) is 4.29. The van der Waals surface area contributed by atoms with E-state index in [1.165, 1.54) is 16.6 Å². The van der Waals surface area contributed by atoms with Crippen molar-refractivity contribution in [3.8, 4) is 0 Å². The highest BCUT2D eigenvalue weighted by Crippen LogP contribution is 2.30. The minimum Gasteiger partial charge on any atom is -0.396 e. The van der Waals surface area contributed by atoms with E-state index in [4.69, 9.17) is 0 Å². The summed E-state index contributed by atoms with van der Waals surface area (Å²) in [5, 5.41) is 10.8. The predicted molar refractivity (Wildman–Crippen MR) is 98.3 cm³/mol. The van der Waals surface area contributed by atoms with Gasteiger partial charge in [0.05, 0.1) is 6.54 Å². The molecule has 1 amide bonds. The molecular weight excluding hydrogens is 314 g/mol. The summed E-state index contributed by atoms with van der Waals surface area (Å²) in [5.74, 6) is 0.207. The monoisotopic (exact) mass is 341 g/mol. The molecule has 0 spiro atoms. The molecule has 0 bridgehead atoms. The van der Waals surface area contributed by atoms with E-state index in [0.29, 0.717) is 13.1 Å². The van der Waals surface area contributed by atoms with E-state index in [1.807, 2.05) is 11.0 Å². The minimum atomic E-state index is -0.0650. The van der Waals surface area contributed by atoms with Crippen molar-refractivity contribution in [2.24, 2.45) is 5.41 Å². The lowest BCUT2D eigenvalue weighted by atomic mass is 9.83. The molecule has 0 saturated carbocycles. The van der Waals surface area contributed by atoms with Gasteiger partial charge in [-0.15, -0.1) is 0 Å². The largest absolute Gasteiger partial charge is 0.396 e. The first-order valence-corrected chi connectivity index (χ1v) is 9.27. The van der Waals surface area contributed by atoms with Gasteiger partial charge in [-0.2, -0.15) is 0 Å². The molecular formula is C20H27N3O2. The topological polar surface area (TPSA) is 59.6 Å². The highest BCUT2D eigenvalue weighted by molar-refractivity contribution is 5.86. The third-order valence-corrected chi connectivity index (χ3v) is 5.84. The number of hydrogen-bond acceptors (Lipinski definition) is 3. The smallest absolute Gasteiger partial charge is 0.237 e. The van der Waals surface area contributed by atoms with E-state index in [2.05, 4.69) is 35.0 Å². The lowest BCUT2D eigenvalue weighted by Crippen LogP contribution is -2.49. The minimum absolute atomic E-state index is 0.0650. The molecule has 2 N–H and O–H groups in total. The molecule has 0 aliphatic carbocycles. The third-order valence-electron chi connectivity index (χ3n) is 5.84. The van der Waals surface area contributed by atoms with E-state index >= 15 is 0 Å². The van der Waals surface area contributed by atoms with Gasteiger partial charge in [-0.3, -0.25) is 9.69 Å². The lowest BCUT2D eigenvalue weighted by molar-refractivity contribution is -0.134. The molecule has 1 fully saturated rings. The maximum atomic E-state index is 12.8. The number of likely N-dealkylation sites (tertiary alicyclic amines) is 1. The van der Waals surface area contributed by atoms with Crippen LogP contribution in [0.2, 0.25) is 0 Å².